The molecule has 10 heteroatoms. The molecule has 3 heterocycles. The van der Waals surface area contributed by atoms with Gasteiger partial charge in [-0.25, -0.2) is 13.4 Å². The summed E-state index contributed by atoms with van der Waals surface area (Å²) in [5.41, 5.74) is 1.72. The van der Waals surface area contributed by atoms with E-state index in [0.717, 1.165) is 29.8 Å². The van der Waals surface area contributed by atoms with E-state index in [4.69, 9.17) is 4.42 Å². The summed E-state index contributed by atoms with van der Waals surface area (Å²) in [5, 5.41) is 4.82. The molecule has 0 spiro atoms. The maximum atomic E-state index is 13.1. The number of benzene rings is 1. The molecule has 1 amide bonds. The van der Waals surface area contributed by atoms with Crippen LogP contribution in [-0.2, 0) is 21.2 Å². The number of aromatic nitrogens is 1. The Kier molecular flexibility index (Phi) is 6.87. The Bertz CT molecular complexity index is 1230. The van der Waals surface area contributed by atoms with Crippen molar-refractivity contribution in [2.45, 2.75) is 37.5 Å². The molecule has 0 aliphatic carbocycles. The van der Waals surface area contributed by atoms with Crippen LogP contribution in [0, 0.1) is 6.92 Å². The molecule has 1 N–H and O–H groups in total. The Labute approximate surface area is 198 Å². The summed E-state index contributed by atoms with van der Waals surface area (Å²) < 4.78 is 33.5. The topological polar surface area (TPSA) is 95.8 Å². The number of carbonyl (C=O) groups excluding carboxylic acids is 1. The number of nitrogens with one attached hydrogen (secondary N) is 1. The molecule has 0 bridgehead atoms. The summed E-state index contributed by atoms with van der Waals surface area (Å²) in [7, 11) is 0.0794. The lowest BCUT2D eigenvalue weighted by Gasteiger charge is -2.26. The first-order valence-electron chi connectivity index (χ1n) is 10.9. The molecule has 0 unspecified atom stereocenters. The summed E-state index contributed by atoms with van der Waals surface area (Å²) in [6, 6.07) is 8.70. The second-order valence-electron chi connectivity index (χ2n) is 8.26. The van der Waals surface area contributed by atoms with Gasteiger partial charge < -0.3 is 14.6 Å². The summed E-state index contributed by atoms with van der Waals surface area (Å²) >= 11 is 1.52. The van der Waals surface area contributed by atoms with Crippen LogP contribution in [0.3, 0.4) is 0 Å². The zero-order valence-corrected chi connectivity index (χ0v) is 20.6. The van der Waals surface area contributed by atoms with E-state index in [1.165, 1.54) is 15.6 Å². The molecule has 0 radical (unpaired) electrons. The van der Waals surface area contributed by atoms with Gasteiger partial charge in [-0.3, -0.25) is 4.79 Å². The molecule has 1 aromatic carbocycles. The van der Waals surface area contributed by atoms with Gasteiger partial charge in [-0.15, -0.1) is 11.3 Å². The number of nitrogens with zero attached hydrogens (tertiary/aromatic N) is 3. The molecule has 1 aliphatic heterocycles. The molecule has 1 aliphatic rings. The first-order valence-corrected chi connectivity index (χ1v) is 13.2. The summed E-state index contributed by atoms with van der Waals surface area (Å²) in [6.07, 6.45) is 2.80. The quantitative estimate of drug-likeness (QED) is 0.537. The fraction of sp³-hybridized carbons (Fsp3) is 0.391. The number of anilines is 2. The Morgan fingerprint density at radius 2 is 1.97 bits per heavy atom. The molecule has 1 saturated heterocycles. The molecule has 1 fully saturated rings. The van der Waals surface area contributed by atoms with Crippen LogP contribution >= 0.6 is 11.3 Å². The number of sulfonamides is 1. The number of hydrogen-bond acceptors (Lipinski definition) is 7. The van der Waals surface area contributed by atoms with Crippen molar-refractivity contribution in [2.75, 3.05) is 37.4 Å². The van der Waals surface area contributed by atoms with Gasteiger partial charge in [0.2, 0.25) is 21.8 Å². The van der Waals surface area contributed by atoms with Crippen LogP contribution in [0.4, 0.5) is 11.4 Å². The number of carbonyl (C=O) groups is 1. The summed E-state index contributed by atoms with van der Waals surface area (Å²) in [6.45, 7) is 2.83. The zero-order chi connectivity index (χ0) is 23.6. The minimum atomic E-state index is -3.61. The fourth-order valence-electron chi connectivity index (χ4n) is 3.86. The Hall–Kier alpha value is -2.69. The van der Waals surface area contributed by atoms with Gasteiger partial charge >= 0.3 is 0 Å². The first kappa shape index (κ1) is 23.5. The van der Waals surface area contributed by atoms with E-state index in [0.29, 0.717) is 36.1 Å². The molecular weight excluding hydrogens is 460 g/mol. The van der Waals surface area contributed by atoms with Crippen molar-refractivity contribution in [3.8, 4) is 10.8 Å². The molecular formula is C23H28N4O4S2. The predicted octanol–water partition coefficient (Wildman–Crippen LogP) is 4.13. The minimum Gasteiger partial charge on any atom is -0.440 e. The van der Waals surface area contributed by atoms with E-state index in [2.05, 4.69) is 10.3 Å². The van der Waals surface area contributed by atoms with Gasteiger partial charge in [0.15, 0.2) is 0 Å². The van der Waals surface area contributed by atoms with E-state index in [1.54, 1.807) is 25.1 Å². The second kappa shape index (κ2) is 9.66. The third-order valence-corrected chi connectivity index (χ3v) is 8.38. The van der Waals surface area contributed by atoms with Crippen LogP contribution in [0.5, 0.6) is 0 Å². The normalized spacial score (nSPS) is 14.9. The van der Waals surface area contributed by atoms with Crippen molar-refractivity contribution >= 4 is 38.6 Å². The average molecular weight is 489 g/mol. The molecule has 4 rings (SSSR count). The standard InChI is InChI=1S/C23H28N4O4S2/c1-16-18(25-23(31-16)21-8-7-13-32-21)15-22(28)24-19-14-17(9-10-20(19)26(2)3)33(29,30)27-11-5-4-6-12-27/h7-10,13-14H,4-6,11-12,15H2,1-3H3,(H,24,28). The lowest BCUT2D eigenvalue weighted by Crippen LogP contribution is -2.35. The predicted molar refractivity (Wildman–Crippen MR) is 130 cm³/mol. The van der Waals surface area contributed by atoms with Gasteiger partial charge in [-0.2, -0.15) is 4.31 Å². The van der Waals surface area contributed by atoms with Gasteiger partial charge in [-0.1, -0.05) is 12.5 Å². The molecule has 176 valence electrons. The van der Waals surface area contributed by atoms with Crippen LogP contribution in [0.2, 0.25) is 0 Å². The number of thiophene rings is 1. The van der Waals surface area contributed by atoms with E-state index in [1.807, 2.05) is 36.5 Å². The average Bonchev–Trinajstić information content (AvgIpc) is 3.44. The van der Waals surface area contributed by atoms with Crippen molar-refractivity contribution < 1.29 is 17.6 Å². The van der Waals surface area contributed by atoms with E-state index in [9.17, 15) is 13.2 Å². The molecule has 8 nitrogen and oxygen atoms in total. The third kappa shape index (κ3) is 5.13. The Morgan fingerprint density at radius 3 is 2.64 bits per heavy atom. The lowest BCUT2D eigenvalue weighted by atomic mass is 10.2. The van der Waals surface area contributed by atoms with Crippen molar-refractivity contribution in [3.63, 3.8) is 0 Å². The fourth-order valence-corrected chi connectivity index (χ4v) is 6.06. The van der Waals surface area contributed by atoms with Crippen LogP contribution in [-0.4, -0.2) is 50.8 Å². The van der Waals surface area contributed by atoms with Gasteiger partial charge in [0.25, 0.3) is 0 Å². The highest BCUT2D eigenvalue weighted by Gasteiger charge is 2.27. The molecule has 3 aromatic rings. The van der Waals surface area contributed by atoms with Crippen molar-refractivity contribution in [3.05, 3.63) is 47.2 Å². The highest BCUT2D eigenvalue weighted by Crippen LogP contribution is 2.31. The smallest absolute Gasteiger partial charge is 0.243 e. The number of piperidine rings is 1. The van der Waals surface area contributed by atoms with Crippen molar-refractivity contribution in [2.24, 2.45) is 0 Å². The zero-order valence-electron chi connectivity index (χ0n) is 19.0. The highest BCUT2D eigenvalue weighted by atomic mass is 32.2. The van der Waals surface area contributed by atoms with Gasteiger partial charge in [0, 0.05) is 27.2 Å². The van der Waals surface area contributed by atoms with Gasteiger partial charge in [0.1, 0.15) is 5.76 Å². The van der Waals surface area contributed by atoms with Gasteiger partial charge in [-0.05, 0) is 49.4 Å². The lowest BCUT2D eigenvalue weighted by molar-refractivity contribution is -0.115. The molecule has 0 atom stereocenters. The number of hydrogen-bond donors (Lipinski definition) is 1. The molecule has 0 saturated carbocycles. The summed E-state index contributed by atoms with van der Waals surface area (Å²) in [5.74, 6) is 0.788. The van der Waals surface area contributed by atoms with Crippen LogP contribution < -0.4 is 10.2 Å². The number of aryl methyl sites for hydroxylation is 1. The van der Waals surface area contributed by atoms with E-state index in [-0.39, 0.29) is 17.2 Å². The first-order chi connectivity index (χ1) is 15.8. The van der Waals surface area contributed by atoms with Crippen molar-refractivity contribution in [1.29, 1.82) is 0 Å². The van der Waals surface area contributed by atoms with E-state index < -0.39 is 10.0 Å². The minimum absolute atomic E-state index is 0.0245. The molecule has 2 aromatic heterocycles. The van der Waals surface area contributed by atoms with E-state index >= 15 is 0 Å². The van der Waals surface area contributed by atoms with Crippen LogP contribution in [0.1, 0.15) is 30.7 Å². The second-order valence-corrected chi connectivity index (χ2v) is 11.1. The maximum absolute atomic E-state index is 13.1. The Morgan fingerprint density at radius 1 is 1.21 bits per heavy atom. The SMILES string of the molecule is Cc1oc(-c2cccs2)nc1CC(=O)Nc1cc(S(=O)(=O)N2CCCCC2)ccc1N(C)C. The number of oxazole rings is 1. The van der Waals surface area contributed by atoms with Crippen molar-refractivity contribution in [1.82, 2.24) is 9.29 Å². The highest BCUT2D eigenvalue weighted by molar-refractivity contribution is 7.89. The third-order valence-electron chi connectivity index (χ3n) is 5.63. The monoisotopic (exact) mass is 488 g/mol. The van der Waals surface area contributed by atoms with Crippen LogP contribution in [0.15, 0.2) is 45.0 Å². The summed E-state index contributed by atoms with van der Waals surface area (Å²) in [4.78, 5) is 20.3. The number of rotatable bonds is 7. The maximum Gasteiger partial charge on any atom is 0.243 e. The Balaban J connectivity index is 1.56. The number of amides is 1. The largest absolute Gasteiger partial charge is 0.440 e. The molecule has 33 heavy (non-hydrogen) atoms. The van der Waals surface area contributed by atoms with Crippen LogP contribution in [0.25, 0.3) is 10.8 Å². The van der Waals surface area contributed by atoms with Gasteiger partial charge in [0.05, 0.1) is 33.3 Å².